The molecule has 0 aromatic heterocycles. The van der Waals surface area contributed by atoms with Gasteiger partial charge in [-0.3, -0.25) is 4.90 Å². The predicted octanol–water partition coefficient (Wildman–Crippen LogP) is 2.67. The van der Waals surface area contributed by atoms with Crippen molar-refractivity contribution in [2.75, 3.05) is 40.3 Å². The Morgan fingerprint density at radius 1 is 1.10 bits per heavy atom. The summed E-state index contributed by atoms with van der Waals surface area (Å²) in [5, 5.41) is 3.69. The summed E-state index contributed by atoms with van der Waals surface area (Å²) < 4.78 is 0. The van der Waals surface area contributed by atoms with Gasteiger partial charge in [-0.2, -0.15) is 0 Å². The molecule has 0 radical (unpaired) electrons. The van der Waals surface area contributed by atoms with E-state index >= 15 is 0 Å². The maximum Gasteiger partial charge on any atom is 0.0136 e. The number of rotatable bonds is 8. The Morgan fingerprint density at radius 2 is 1.75 bits per heavy atom. The van der Waals surface area contributed by atoms with Gasteiger partial charge in [-0.1, -0.05) is 13.8 Å². The Kier molecular flexibility index (Phi) is 6.96. The number of hydrogen-bond acceptors (Lipinski definition) is 3. The van der Waals surface area contributed by atoms with E-state index in [0.29, 0.717) is 0 Å². The summed E-state index contributed by atoms with van der Waals surface area (Å²) in [5.41, 5.74) is 0.243. The first-order chi connectivity index (χ1) is 9.19. The lowest BCUT2D eigenvalue weighted by molar-refractivity contribution is 0.0448. The monoisotopic (exact) mass is 283 g/mol. The molecule has 1 N–H and O–H groups in total. The van der Waals surface area contributed by atoms with E-state index < -0.39 is 0 Å². The molecule has 1 saturated carbocycles. The van der Waals surface area contributed by atoms with Crippen molar-refractivity contribution >= 4 is 0 Å². The van der Waals surface area contributed by atoms with E-state index in [9.17, 15) is 0 Å². The molecule has 0 bridgehead atoms. The molecule has 3 nitrogen and oxygen atoms in total. The molecule has 1 fully saturated rings. The predicted molar refractivity (Wildman–Crippen MR) is 89.2 cm³/mol. The standard InChI is InChI=1S/C17H37N3/c1-14(2)13-20(11-10-19(6)7)16-9-8-15(16)12-18-17(3,4)5/h14-16,18H,8-13H2,1-7H3. The first-order valence-corrected chi connectivity index (χ1v) is 8.33. The summed E-state index contributed by atoms with van der Waals surface area (Å²) in [5.74, 6) is 1.60. The number of nitrogens with zero attached hydrogens (tertiary/aromatic N) is 2. The van der Waals surface area contributed by atoms with Gasteiger partial charge >= 0.3 is 0 Å². The largest absolute Gasteiger partial charge is 0.312 e. The Hall–Kier alpha value is -0.120. The van der Waals surface area contributed by atoms with Gasteiger partial charge in [-0.15, -0.1) is 0 Å². The number of hydrogen-bond donors (Lipinski definition) is 1. The lowest BCUT2D eigenvalue weighted by Gasteiger charge is -2.46. The van der Waals surface area contributed by atoms with Gasteiger partial charge in [0.15, 0.2) is 0 Å². The van der Waals surface area contributed by atoms with E-state index in [1.807, 2.05) is 0 Å². The van der Waals surface area contributed by atoms with Crippen molar-refractivity contribution in [1.29, 1.82) is 0 Å². The van der Waals surface area contributed by atoms with Gasteiger partial charge < -0.3 is 10.2 Å². The molecule has 2 unspecified atom stereocenters. The third-order valence-corrected chi connectivity index (χ3v) is 4.18. The summed E-state index contributed by atoms with van der Waals surface area (Å²) >= 11 is 0. The van der Waals surface area contributed by atoms with E-state index in [2.05, 4.69) is 63.8 Å². The van der Waals surface area contributed by atoms with Crippen LogP contribution in [0.25, 0.3) is 0 Å². The molecule has 0 aliphatic heterocycles. The molecule has 0 aromatic rings. The SMILES string of the molecule is CC(C)CN(CCN(C)C)C1CCC1CNC(C)(C)C. The Labute approximate surface area is 127 Å². The van der Waals surface area contributed by atoms with Crippen LogP contribution >= 0.6 is 0 Å². The molecular formula is C17H37N3. The van der Waals surface area contributed by atoms with Crippen LogP contribution in [-0.4, -0.2) is 61.7 Å². The fourth-order valence-corrected chi connectivity index (χ4v) is 2.90. The normalized spacial score (nSPS) is 23.7. The molecule has 1 aliphatic rings. The highest BCUT2D eigenvalue weighted by Gasteiger charge is 2.35. The molecule has 1 rings (SSSR count). The Balaban J connectivity index is 2.48. The van der Waals surface area contributed by atoms with Crippen LogP contribution in [0.1, 0.15) is 47.5 Å². The van der Waals surface area contributed by atoms with Crippen molar-refractivity contribution in [1.82, 2.24) is 15.1 Å². The van der Waals surface area contributed by atoms with Crippen LogP contribution in [-0.2, 0) is 0 Å². The topological polar surface area (TPSA) is 18.5 Å². The highest BCUT2D eigenvalue weighted by atomic mass is 15.2. The minimum absolute atomic E-state index is 0.243. The molecule has 0 saturated heterocycles. The van der Waals surface area contributed by atoms with Gasteiger partial charge in [0, 0.05) is 31.2 Å². The summed E-state index contributed by atoms with van der Waals surface area (Å²) in [6, 6.07) is 0.798. The van der Waals surface area contributed by atoms with Crippen LogP contribution in [0.2, 0.25) is 0 Å². The summed E-state index contributed by atoms with van der Waals surface area (Å²) in [4.78, 5) is 5.04. The molecule has 1 aliphatic carbocycles. The summed E-state index contributed by atoms with van der Waals surface area (Å²) in [6.45, 7) is 16.3. The average molecular weight is 284 g/mol. The molecule has 0 heterocycles. The number of likely N-dealkylation sites (N-methyl/N-ethyl adjacent to an activating group) is 1. The fraction of sp³-hybridized carbons (Fsp3) is 1.00. The van der Waals surface area contributed by atoms with Crippen LogP contribution in [0.3, 0.4) is 0 Å². The van der Waals surface area contributed by atoms with Crippen molar-refractivity contribution in [3.8, 4) is 0 Å². The van der Waals surface area contributed by atoms with Crippen LogP contribution < -0.4 is 5.32 Å². The highest BCUT2D eigenvalue weighted by Crippen LogP contribution is 2.32. The lowest BCUT2D eigenvalue weighted by atomic mass is 9.77. The second-order valence-electron chi connectivity index (χ2n) is 8.23. The molecule has 120 valence electrons. The van der Waals surface area contributed by atoms with Gasteiger partial charge in [0.25, 0.3) is 0 Å². The fourth-order valence-electron chi connectivity index (χ4n) is 2.90. The maximum atomic E-state index is 3.69. The summed E-state index contributed by atoms with van der Waals surface area (Å²) in [7, 11) is 4.35. The lowest BCUT2D eigenvalue weighted by Crippen LogP contribution is -2.54. The van der Waals surface area contributed by atoms with E-state index in [1.54, 1.807) is 0 Å². The zero-order chi connectivity index (χ0) is 15.3. The van der Waals surface area contributed by atoms with Gasteiger partial charge in [-0.05, 0) is 66.1 Å². The van der Waals surface area contributed by atoms with Crippen molar-refractivity contribution < 1.29 is 0 Å². The van der Waals surface area contributed by atoms with Crippen LogP contribution in [0.5, 0.6) is 0 Å². The Morgan fingerprint density at radius 3 is 2.15 bits per heavy atom. The van der Waals surface area contributed by atoms with Crippen LogP contribution in [0.4, 0.5) is 0 Å². The van der Waals surface area contributed by atoms with Crippen molar-refractivity contribution in [3.63, 3.8) is 0 Å². The molecule has 0 spiro atoms. The molecule has 2 atom stereocenters. The zero-order valence-electron chi connectivity index (χ0n) is 14.9. The smallest absolute Gasteiger partial charge is 0.0136 e. The van der Waals surface area contributed by atoms with Gasteiger partial charge in [-0.25, -0.2) is 0 Å². The number of nitrogens with one attached hydrogen (secondary N) is 1. The van der Waals surface area contributed by atoms with Crippen molar-refractivity contribution in [2.24, 2.45) is 11.8 Å². The maximum absolute atomic E-state index is 3.69. The molecular weight excluding hydrogens is 246 g/mol. The van der Waals surface area contributed by atoms with Crippen LogP contribution in [0.15, 0.2) is 0 Å². The third-order valence-electron chi connectivity index (χ3n) is 4.18. The van der Waals surface area contributed by atoms with E-state index in [-0.39, 0.29) is 5.54 Å². The quantitative estimate of drug-likeness (QED) is 0.739. The molecule has 3 heteroatoms. The molecule has 0 amide bonds. The first-order valence-electron chi connectivity index (χ1n) is 8.33. The summed E-state index contributed by atoms with van der Waals surface area (Å²) in [6.07, 6.45) is 2.78. The average Bonchev–Trinajstić information content (AvgIpc) is 2.21. The third kappa shape index (κ3) is 6.55. The second-order valence-corrected chi connectivity index (χ2v) is 8.23. The zero-order valence-corrected chi connectivity index (χ0v) is 14.9. The van der Waals surface area contributed by atoms with Crippen molar-refractivity contribution in [3.05, 3.63) is 0 Å². The van der Waals surface area contributed by atoms with Gasteiger partial charge in [0.2, 0.25) is 0 Å². The van der Waals surface area contributed by atoms with Crippen molar-refractivity contribution in [2.45, 2.75) is 59.0 Å². The van der Waals surface area contributed by atoms with Gasteiger partial charge in [0.1, 0.15) is 0 Å². The highest BCUT2D eigenvalue weighted by molar-refractivity contribution is 4.91. The second kappa shape index (κ2) is 7.77. The van der Waals surface area contributed by atoms with E-state index in [4.69, 9.17) is 0 Å². The minimum Gasteiger partial charge on any atom is -0.312 e. The minimum atomic E-state index is 0.243. The van der Waals surface area contributed by atoms with Crippen LogP contribution in [0, 0.1) is 11.8 Å². The molecule has 20 heavy (non-hydrogen) atoms. The van der Waals surface area contributed by atoms with Gasteiger partial charge in [0.05, 0.1) is 0 Å². The Bertz CT molecular complexity index is 268. The van der Waals surface area contributed by atoms with E-state index in [0.717, 1.165) is 17.9 Å². The molecule has 0 aromatic carbocycles. The van der Waals surface area contributed by atoms with E-state index in [1.165, 1.54) is 39.0 Å². The first kappa shape index (κ1) is 17.9.